The van der Waals surface area contributed by atoms with Crippen LogP contribution < -0.4 is 0 Å². The van der Waals surface area contributed by atoms with Crippen molar-refractivity contribution < 1.29 is 0 Å². The quantitative estimate of drug-likeness (QED) is 0.807. The van der Waals surface area contributed by atoms with Crippen molar-refractivity contribution in [1.82, 2.24) is 10.2 Å². The third-order valence-electron chi connectivity index (χ3n) is 1.59. The summed E-state index contributed by atoms with van der Waals surface area (Å²) in [5.41, 5.74) is 1.09. The highest BCUT2D eigenvalue weighted by atomic mass is 79.9. The van der Waals surface area contributed by atoms with E-state index in [4.69, 9.17) is 0 Å². The van der Waals surface area contributed by atoms with E-state index in [9.17, 15) is 0 Å². The van der Waals surface area contributed by atoms with Crippen LogP contribution in [0.2, 0.25) is 0 Å². The molecule has 62 valence electrons. The van der Waals surface area contributed by atoms with Crippen LogP contribution in [0.5, 0.6) is 0 Å². The molecule has 1 atom stereocenters. The van der Waals surface area contributed by atoms with E-state index in [1.165, 1.54) is 4.88 Å². The molecule has 4 heteroatoms. The lowest BCUT2D eigenvalue weighted by atomic mass is 10.3. The Kier molecular flexibility index (Phi) is 2.28. The minimum atomic E-state index is 0.250. The van der Waals surface area contributed by atoms with E-state index >= 15 is 0 Å². The molecule has 2 aromatic rings. The Labute approximate surface area is 82.8 Å². The van der Waals surface area contributed by atoms with Crippen LogP contribution in [0, 0.1) is 0 Å². The Hall–Kier alpha value is -0.610. The molecule has 0 aromatic carbocycles. The van der Waals surface area contributed by atoms with Gasteiger partial charge in [-0.1, -0.05) is 22.0 Å². The van der Waals surface area contributed by atoms with Crippen LogP contribution in [0.1, 0.15) is 15.4 Å². The van der Waals surface area contributed by atoms with E-state index in [1.807, 2.05) is 12.1 Å². The van der Waals surface area contributed by atoms with Gasteiger partial charge in [-0.05, 0) is 17.5 Å². The van der Waals surface area contributed by atoms with Gasteiger partial charge in [0.05, 0.1) is 10.5 Å². The standard InChI is InChI=1S/C8H7BrN2S/c9-8(6-3-4-10-11-6)7-2-1-5-12-7/h1-5,8H,(H,10,11). The molecule has 0 amide bonds. The van der Waals surface area contributed by atoms with Crippen molar-refractivity contribution in [2.75, 3.05) is 0 Å². The molecule has 0 radical (unpaired) electrons. The zero-order valence-electron chi connectivity index (χ0n) is 6.20. The highest BCUT2D eigenvalue weighted by Crippen LogP contribution is 2.31. The molecule has 0 aliphatic carbocycles. The molecule has 2 aromatic heterocycles. The van der Waals surface area contributed by atoms with Crippen molar-refractivity contribution in [2.45, 2.75) is 4.83 Å². The van der Waals surface area contributed by atoms with Crippen molar-refractivity contribution in [3.8, 4) is 0 Å². The first-order chi connectivity index (χ1) is 5.88. The number of thiophene rings is 1. The molecule has 0 aliphatic rings. The first-order valence-corrected chi connectivity index (χ1v) is 5.34. The minimum Gasteiger partial charge on any atom is -0.281 e. The molecule has 0 bridgehead atoms. The van der Waals surface area contributed by atoms with E-state index in [-0.39, 0.29) is 4.83 Å². The van der Waals surface area contributed by atoms with Crippen LogP contribution >= 0.6 is 27.3 Å². The molecule has 0 saturated carbocycles. The zero-order valence-corrected chi connectivity index (χ0v) is 8.60. The van der Waals surface area contributed by atoms with Crippen molar-refractivity contribution >= 4 is 27.3 Å². The molecule has 0 saturated heterocycles. The second-order valence-electron chi connectivity index (χ2n) is 2.39. The summed E-state index contributed by atoms with van der Waals surface area (Å²) >= 11 is 5.33. The maximum absolute atomic E-state index is 3.90. The highest BCUT2D eigenvalue weighted by molar-refractivity contribution is 9.09. The van der Waals surface area contributed by atoms with Gasteiger partial charge in [0.15, 0.2) is 0 Å². The van der Waals surface area contributed by atoms with Crippen LogP contribution in [0.15, 0.2) is 29.8 Å². The number of hydrogen-bond donors (Lipinski definition) is 1. The van der Waals surface area contributed by atoms with Crippen molar-refractivity contribution in [3.63, 3.8) is 0 Å². The number of hydrogen-bond acceptors (Lipinski definition) is 2. The molecule has 2 rings (SSSR count). The van der Waals surface area contributed by atoms with E-state index in [0.29, 0.717) is 0 Å². The van der Waals surface area contributed by atoms with Gasteiger partial charge in [0, 0.05) is 11.1 Å². The summed E-state index contributed by atoms with van der Waals surface area (Å²) in [5, 5.41) is 8.91. The van der Waals surface area contributed by atoms with Crippen molar-refractivity contribution in [2.24, 2.45) is 0 Å². The van der Waals surface area contributed by atoms with Gasteiger partial charge in [-0.15, -0.1) is 11.3 Å². The Morgan fingerprint density at radius 1 is 1.50 bits per heavy atom. The summed E-state index contributed by atoms with van der Waals surface area (Å²) in [5.74, 6) is 0. The largest absolute Gasteiger partial charge is 0.281 e. The van der Waals surface area contributed by atoms with Gasteiger partial charge in [0.25, 0.3) is 0 Å². The fourth-order valence-electron chi connectivity index (χ4n) is 0.997. The molecular weight excluding hydrogens is 236 g/mol. The highest BCUT2D eigenvalue weighted by Gasteiger charge is 2.11. The number of aromatic nitrogens is 2. The molecule has 12 heavy (non-hydrogen) atoms. The third kappa shape index (κ3) is 1.44. The van der Waals surface area contributed by atoms with E-state index < -0.39 is 0 Å². The first-order valence-electron chi connectivity index (χ1n) is 3.54. The Balaban J connectivity index is 2.27. The van der Waals surface area contributed by atoms with Crippen LogP contribution in [0.3, 0.4) is 0 Å². The first kappa shape index (κ1) is 8.01. The maximum atomic E-state index is 3.90. The van der Waals surface area contributed by atoms with Gasteiger partial charge in [0.2, 0.25) is 0 Å². The molecule has 2 heterocycles. The van der Waals surface area contributed by atoms with Gasteiger partial charge >= 0.3 is 0 Å². The van der Waals surface area contributed by atoms with Gasteiger partial charge in [-0.2, -0.15) is 5.10 Å². The monoisotopic (exact) mass is 242 g/mol. The molecule has 2 nitrogen and oxygen atoms in total. The zero-order chi connectivity index (χ0) is 8.39. The Bertz CT molecular complexity index is 294. The molecule has 0 spiro atoms. The second-order valence-corrected chi connectivity index (χ2v) is 4.28. The summed E-state index contributed by atoms with van der Waals surface area (Å²) in [6.07, 6.45) is 1.76. The topological polar surface area (TPSA) is 28.7 Å². The fraction of sp³-hybridized carbons (Fsp3) is 0.125. The number of alkyl halides is 1. The smallest absolute Gasteiger partial charge is 0.0903 e. The second kappa shape index (κ2) is 3.41. The molecule has 0 aliphatic heterocycles. The molecule has 1 N–H and O–H groups in total. The van der Waals surface area contributed by atoms with Crippen molar-refractivity contribution in [3.05, 3.63) is 40.3 Å². The van der Waals surface area contributed by atoms with E-state index in [2.05, 4.69) is 37.6 Å². The average molecular weight is 243 g/mol. The van der Waals surface area contributed by atoms with Gasteiger partial charge in [-0.3, -0.25) is 5.10 Å². The SMILES string of the molecule is BrC(c1ccn[nH]1)c1cccs1. The number of halogens is 1. The molecule has 1 unspecified atom stereocenters. The summed E-state index contributed by atoms with van der Waals surface area (Å²) in [4.78, 5) is 1.54. The molecular formula is C8H7BrN2S. The number of aromatic amines is 1. The van der Waals surface area contributed by atoms with Gasteiger partial charge in [-0.25, -0.2) is 0 Å². The van der Waals surface area contributed by atoms with Gasteiger partial charge in [0.1, 0.15) is 0 Å². The number of H-pyrrole nitrogens is 1. The maximum Gasteiger partial charge on any atom is 0.0903 e. The van der Waals surface area contributed by atoms with E-state index in [0.717, 1.165) is 5.69 Å². The van der Waals surface area contributed by atoms with Crippen LogP contribution in [-0.2, 0) is 0 Å². The minimum absolute atomic E-state index is 0.250. The van der Waals surface area contributed by atoms with Crippen molar-refractivity contribution in [1.29, 1.82) is 0 Å². The number of nitrogens with zero attached hydrogens (tertiary/aromatic N) is 1. The van der Waals surface area contributed by atoms with Crippen LogP contribution in [-0.4, -0.2) is 10.2 Å². The third-order valence-corrected chi connectivity index (χ3v) is 3.82. The number of nitrogens with one attached hydrogen (secondary N) is 1. The lowest BCUT2D eigenvalue weighted by Crippen LogP contribution is -1.88. The summed E-state index contributed by atoms with van der Waals surface area (Å²) in [6, 6.07) is 6.12. The Morgan fingerprint density at radius 2 is 2.42 bits per heavy atom. The summed E-state index contributed by atoms with van der Waals surface area (Å²) in [6.45, 7) is 0. The molecule has 0 fully saturated rings. The van der Waals surface area contributed by atoms with Crippen LogP contribution in [0.25, 0.3) is 0 Å². The average Bonchev–Trinajstić information content (AvgIpc) is 2.77. The summed E-state index contributed by atoms with van der Waals surface area (Å²) < 4.78 is 0. The predicted octanol–water partition coefficient (Wildman–Crippen LogP) is 2.96. The summed E-state index contributed by atoms with van der Waals surface area (Å²) in [7, 11) is 0. The normalized spacial score (nSPS) is 13.1. The predicted molar refractivity (Wildman–Crippen MR) is 53.7 cm³/mol. The lowest BCUT2D eigenvalue weighted by Gasteiger charge is -2.02. The Morgan fingerprint density at radius 3 is 3.00 bits per heavy atom. The van der Waals surface area contributed by atoms with E-state index in [1.54, 1.807) is 17.5 Å². The lowest BCUT2D eigenvalue weighted by molar-refractivity contribution is 1.00. The number of rotatable bonds is 2. The van der Waals surface area contributed by atoms with Gasteiger partial charge < -0.3 is 0 Å². The van der Waals surface area contributed by atoms with Crippen LogP contribution in [0.4, 0.5) is 0 Å². The fourth-order valence-corrected chi connectivity index (χ4v) is 2.45.